The number of pyridine rings is 5. The predicted octanol–water partition coefficient (Wildman–Crippen LogP) is 21.6. The highest BCUT2D eigenvalue weighted by Gasteiger charge is 2.19. The van der Waals surface area contributed by atoms with Gasteiger partial charge in [0.15, 0.2) is 0 Å². The Morgan fingerprint density at radius 3 is 1.05 bits per heavy atom. The molecule has 0 bridgehead atoms. The molecule has 8 heterocycles. The fraction of sp³-hybridized carbons (Fsp3) is 0.0737. The number of benzene rings is 10. The number of aliphatic hydroxyl groups excluding tert-OH is 2. The number of hydrogen-bond acceptors (Lipinski definition) is 11. The molecule has 18 rings (SSSR count). The number of nitrogens with zero attached hydrogens (tertiary/aromatic N) is 8. The summed E-state index contributed by atoms with van der Waals surface area (Å²) in [6, 6.07) is 84.7. The van der Waals surface area contributed by atoms with Crippen molar-refractivity contribution in [1.82, 2.24) is 24.9 Å². The molecule has 0 radical (unpaired) electrons. The summed E-state index contributed by atoms with van der Waals surface area (Å²) in [7, 11) is 0. The molecule has 4 N–H and O–H groups in total. The highest BCUT2D eigenvalue weighted by Crippen LogP contribution is 2.38. The van der Waals surface area contributed by atoms with Crippen LogP contribution in [0.4, 0.5) is 23.2 Å². The molecule has 0 fully saturated rings. The minimum atomic E-state index is -0.410. The molecule has 5 aromatic heterocycles. The molecular weight excluding hydrogens is 1380 g/mol. The Labute approximate surface area is 635 Å². The van der Waals surface area contributed by atoms with Crippen molar-refractivity contribution < 1.29 is 27.8 Å². The van der Waals surface area contributed by atoms with Crippen LogP contribution >= 0.6 is 0 Å². The highest BCUT2D eigenvalue weighted by molar-refractivity contribution is 5.92. The maximum Gasteiger partial charge on any atom is 0.128 e. The van der Waals surface area contributed by atoms with Crippen molar-refractivity contribution in [2.45, 2.75) is 46.7 Å². The zero-order valence-corrected chi connectivity index (χ0v) is 60.2. The van der Waals surface area contributed by atoms with Crippen molar-refractivity contribution in [2.24, 2.45) is 15.0 Å². The summed E-state index contributed by atoms with van der Waals surface area (Å²) in [5.41, 5.74) is 36.8. The van der Waals surface area contributed by atoms with Crippen molar-refractivity contribution in [3.8, 4) is 112 Å². The number of aliphatic hydroxyl groups is 2. The average Bonchev–Trinajstić information content (AvgIpc) is 1.30. The topological polar surface area (TPSA) is 168 Å². The fourth-order valence-electron chi connectivity index (χ4n) is 13.3. The lowest BCUT2D eigenvalue weighted by molar-refractivity contribution is 0.276. The summed E-state index contributed by atoms with van der Waals surface area (Å²) in [4.78, 5) is 35.5. The summed E-state index contributed by atoms with van der Waals surface area (Å²) in [6.07, 6.45) is 14.6. The minimum Gasteiger partial charge on any atom is -0.399 e. The Morgan fingerprint density at radius 2 is 0.655 bits per heavy atom. The lowest BCUT2D eigenvalue weighted by Gasteiger charge is -2.11. The molecular formula is C95H73F4N9O2. The second kappa shape index (κ2) is 34.3. The normalized spacial score (nSPS) is 11.7. The standard InChI is InChI=1S/C20H15FN2O.C20H17N3.C20H16N2O.C18H14FN.C17H11F2N/c21-19-6-5-14(9-17(19)12-24)20-18(2-1-7-23-20)13-3-4-15-10-22-11-16(15)8-13;1-13-9-15(6-7-19(13)21)20-18(3-2-8-23-20)14-4-5-16-11-22-12-17(16)10-14;23-13-14-3-1-4-16(9-14)20-19(5-2-8-22-20)15-6-7-17-11-21-12-18(17)10-15;1-13-4-2-5-15(12-13)18-17(6-3-11-20-18)14-7-9-16(19)10-8-14;18-14-7-3-12(4-8-14)16-2-1-11-20-17(16)13-5-9-15(19)10-6-13/h1-9,11,24H,10,12H2;2-10,12H,11,21H2,1H3;1-10,12,23H,11,13H2;2-12H,1H3;1-11H. The van der Waals surface area contributed by atoms with Crippen LogP contribution in [-0.4, -0.2) is 53.8 Å². The molecule has 15 aromatic rings. The molecule has 0 unspecified atom stereocenters. The Balaban J connectivity index is 0.000000115. The van der Waals surface area contributed by atoms with Gasteiger partial charge >= 0.3 is 0 Å². The maximum absolute atomic E-state index is 13.7. The van der Waals surface area contributed by atoms with Gasteiger partial charge in [-0.2, -0.15) is 0 Å². The summed E-state index contributed by atoms with van der Waals surface area (Å²) >= 11 is 0. The van der Waals surface area contributed by atoms with Gasteiger partial charge in [-0.05, 0) is 226 Å². The van der Waals surface area contributed by atoms with E-state index in [1.807, 2.05) is 129 Å². The van der Waals surface area contributed by atoms with Crippen LogP contribution in [0.5, 0.6) is 0 Å². The van der Waals surface area contributed by atoms with Gasteiger partial charge in [0.1, 0.15) is 23.3 Å². The van der Waals surface area contributed by atoms with Gasteiger partial charge in [0.2, 0.25) is 0 Å². The number of nitrogen functional groups attached to an aromatic ring is 1. The van der Waals surface area contributed by atoms with Crippen LogP contribution in [0.3, 0.4) is 0 Å². The first-order chi connectivity index (χ1) is 53.8. The lowest BCUT2D eigenvalue weighted by atomic mass is 9.96. The number of halogens is 4. The van der Waals surface area contributed by atoms with Crippen LogP contribution in [0.1, 0.15) is 55.6 Å². The van der Waals surface area contributed by atoms with Crippen LogP contribution in [0.25, 0.3) is 112 Å². The maximum atomic E-state index is 13.7. The van der Waals surface area contributed by atoms with Crippen LogP contribution in [0, 0.1) is 37.1 Å². The molecule has 3 aliphatic heterocycles. The molecule has 3 aliphatic rings. The molecule has 538 valence electrons. The Hall–Kier alpha value is -13.6. The van der Waals surface area contributed by atoms with Crippen LogP contribution in [0.2, 0.25) is 0 Å². The molecule has 0 atom stereocenters. The van der Waals surface area contributed by atoms with Gasteiger partial charge in [-0.25, -0.2) is 17.6 Å². The van der Waals surface area contributed by atoms with Crippen molar-refractivity contribution in [1.29, 1.82) is 0 Å². The van der Waals surface area contributed by atoms with E-state index in [4.69, 9.17) is 5.73 Å². The van der Waals surface area contributed by atoms with E-state index >= 15 is 0 Å². The van der Waals surface area contributed by atoms with Crippen LogP contribution < -0.4 is 5.73 Å². The van der Waals surface area contributed by atoms with E-state index in [0.29, 0.717) is 0 Å². The molecule has 110 heavy (non-hydrogen) atoms. The molecule has 0 aliphatic carbocycles. The molecule has 10 aromatic carbocycles. The number of nitrogens with two attached hydrogens (primary N) is 1. The minimum absolute atomic E-state index is 0.0331. The van der Waals surface area contributed by atoms with E-state index in [-0.39, 0.29) is 36.2 Å². The Kier molecular flexibility index (Phi) is 22.9. The Morgan fingerprint density at radius 1 is 0.309 bits per heavy atom. The summed E-state index contributed by atoms with van der Waals surface area (Å²) in [5, 5.41) is 18.7. The average molecular weight is 1450 g/mol. The molecule has 0 spiro atoms. The Bertz CT molecular complexity index is 5840. The van der Waals surface area contributed by atoms with Gasteiger partial charge in [-0.15, -0.1) is 0 Å². The number of aromatic nitrogens is 5. The zero-order chi connectivity index (χ0) is 75.9. The first-order valence-electron chi connectivity index (χ1n) is 35.8. The van der Waals surface area contributed by atoms with Gasteiger partial charge < -0.3 is 15.9 Å². The quantitative estimate of drug-likeness (QED) is 0.0802. The monoisotopic (exact) mass is 1450 g/mol. The van der Waals surface area contributed by atoms with Crippen LogP contribution in [-0.2, 0) is 32.8 Å². The van der Waals surface area contributed by atoms with Crippen molar-refractivity contribution >= 4 is 24.3 Å². The number of aliphatic imine (C=N–C) groups is 3. The molecule has 11 nitrogen and oxygen atoms in total. The second-order valence-electron chi connectivity index (χ2n) is 26.4. The van der Waals surface area contributed by atoms with Crippen molar-refractivity contribution in [3.05, 3.63) is 383 Å². The van der Waals surface area contributed by atoms with E-state index < -0.39 is 5.82 Å². The first-order valence-corrected chi connectivity index (χ1v) is 35.8. The number of hydrogen-bond donors (Lipinski definition) is 3. The summed E-state index contributed by atoms with van der Waals surface area (Å²) in [6.45, 7) is 6.06. The number of aryl methyl sites for hydroxylation is 2. The molecule has 0 saturated carbocycles. The summed E-state index contributed by atoms with van der Waals surface area (Å²) in [5.74, 6) is -1.20. The third-order valence-electron chi connectivity index (χ3n) is 19.0. The van der Waals surface area contributed by atoms with Crippen LogP contribution in [0.15, 0.2) is 319 Å². The predicted molar refractivity (Wildman–Crippen MR) is 435 cm³/mol. The van der Waals surface area contributed by atoms with E-state index in [9.17, 15) is 27.8 Å². The van der Waals surface area contributed by atoms with E-state index in [0.717, 1.165) is 154 Å². The van der Waals surface area contributed by atoms with E-state index in [1.165, 1.54) is 75.8 Å². The summed E-state index contributed by atoms with van der Waals surface area (Å²) < 4.78 is 52.7. The highest BCUT2D eigenvalue weighted by atomic mass is 19.1. The van der Waals surface area contributed by atoms with Gasteiger partial charge in [-0.3, -0.25) is 39.9 Å². The molecule has 0 amide bonds. The smallest absolute Gasteiger partial charge is 0.128 e. The van der Waals surface area contributed by atoms with Gasteiger partial charge in [-0.1, -0.05) is 139 Å². The largest absolute Gasteiger partial charge is 0.399 e. The lowest BCUT2D eigenvalue weighted by Crippen LogP contribution is -1.94. The number of fused-ring (bicyclic) bond motifs is 3. The number of rotatable bonds is 12. The fourth-order valence-corrected chi connectivity index (χ4v) is 13.3. The zero-order valence-electron chi connectivity index (χ0n) is 60.2. The van der Waals surface area contributed by atoms with Gasteiger partial charge in [0, 0.05) is 117 Å². The van der Waals surface area contributed by atoms with Crippen molar-refractivity contribution in [3.63, 3.8) is 0 Å². The van der Waals surface area contributed by atoms with Crippen molar-refractivity contribution in [2.75, 3.05) is 5.73 Å². The molecule has 0 saturated heterocycles. The third kappa shape index (κ3) is 17.3. The van der Waals surface area contributed by atoms with Gasteiger partial charge in [0.05, 0.1) is 61.3 Å². The van der Waals surface area contributed by atoms with E-state index in [1.54, 1.807) is 73.3 Å². The number of anilines is 1. The van der Waals surface area contributed by atoms with E-state index in [2.05, 4.69) is 132 Å². The second-order valence-corrected chi connectivity index (χ2v) is 26.4. The third-order valence-corrected chi connectivity index (χ3v) is 19.0. The first kappa shape index (κ1) is 73.3. The van der Waals surface area contributed by atoms with Gasteiger partial charge in [0.25, 0.3) is 0 Å². The molecule has 15 heteroatoms. The SMILES string of the molecule is Cc1cc(-c2ncccc2-c2ccc3c(c2)C=NC3)ccc1N.Cc1cccc(-c2ncccc2-c2ccc(F)cc2)c1.Fc1ccc(-c2cccnc2-c2ccc(F)cc2)cc1.OCc1cc(-c2ncccc2-c2ccc3c(c2)C=NC3)ccc1F.OCc1cccc(-c2ncccc2-c2ccc3c(c2)C=NC3)c1.